The molecule has 10 heteroatoms. The minimum absolute atomic E-state index is 0.0927. The third kappa shape index (κ3) is 6.49. The van der Waals surface area contributed by atoms with Crippen LogP contribution in [0.15, 0.2) is 36.4 Å². The molecule has 2 aliphatic heterocycles. The minimum atomic E-state index is -4.54. The van der Waals surface area contributed by atoms with Crippen molar-refractivity contribution in [3.05, 3.63) is 64.2 Å². The molecule has 1 unspecified atom stereocenters. The van der Waals surface area contributed by atoms with Crippen molar-refractivity contribution in [2.75, 3.05) is 45.6 Å². The van der Waals surface area contributed by atoms with E-state index in [4.69, 9.17) is 5.73 Å². The molecule has 4 rings (SSSR count). The number of nitrogens with two attached hydrogens (primary N) is 1. The first-order chi connectivity index (χ1) is 17.4. The van der Waals surface area contributed by atoms with Gasteiger partial charge in [-0.1, -0.05) is 19.1 Å². The second-order valence-corrected chi connectivity index (χ2v) is 10.4. The lowest BCUT2D eigenvalue weighted by Gasteiger charge is -2.32. The summed E-state index contributed by atoms with van der Waals surface area (Å²) >= 11 is 0. The zero-order valence-corrected chi connectivity index (χ0v) is 21.4. The highest BCUT2D eigenvalue weighted by atomic mass is 19.4. The molecule has 0 aliphatic carbocycles. The number of benzene rings is 2. The van der Waals surface area contributed by atoms with Crippen molar-refractivity contribution in [3.63, 3.8) is 0 Å². The molecule has 2 heterocycles. The molecule has 2 aromatic carbocycles. The number of anilines is 1. The molecule has 200 valence electrons. The standard InChI is InChI=1S/C27H34F3N5O2/c1-17-12-35(16-25(31)36)14-20-10-18(5-7-23(17)20)26(37)32-21-6-4-19(24(11-21)27(28,29)30)13-34-9-8-22(15-34)33(2)3/h4-7,10-11,17,22H,8-9,12-16H2,1-3H3,(H2,31,36)(H,32,37)/t17-,22?/m0/s1. The summed E-state index contributed by atoms with van der Waals surface area (Å²) in [5.74, 6) is -0.752. The quantitative estimate of drug-likeness (QED) is 0.588. The summed E-state index contributed by atoms with van der Waals surface area (Å²) in [7, 11) is 3.96. The molecule has 0 saturated carbocycles. The average Bonchev–Trinajstić information content (AvgIpc) is 3.27. The number of alkyl halides is 3. The number of halogens is 3. The van der Waals surface area contributed by atoms with E-state index in [-0.39, 0.29) is 30.3 Å². The topological polar surface area (TPSA) is 81.9 Å². The number of nitrogens with zero attached hydrogens (tertiary/aromatic N) is 3. The van der Waals surface area contributed by atoms with Crippen LogP contribution < -0.4 is 11.1 Å². The van der Waals surface area contributed by atoms with Gasteiger partial charge >= 0.3 is 6.18 Å². The highest BCUT2D eigenvalue weighted by Crippen LogP contribution is 2.35. The second-order valence-electron chi connectivity index (χ2n) is 10.4. The van der Waals surface area contributed by atoms with Crippen LogP contribution in [0.3, 0.4) is 0 Å². The van der Waals surface area contributed by atoms with Gasteiger partial charge in [0.05, 0.1) is 12.1 Å². The van der Waals surface area contributed by atoms with Crippen LogP contribution in [0.5, 0.6) is 0 Å². The lowest BCUT2D eigenvalue weighted by atomic mass is 9.89. The number of likely N-dealkylation sites (N-methyl/N-ethyl adjacent to an activating group) is 1. The molecule has 0 bridgehead atoms. The van der Waals surface area contributed by atoms with Gasteiger partial charge in [0.25, 0.3) is 5.91 Å². The molecule has 2 aliphatic rings. The Labute approximate surface area is 215 Å². The Bertz CT molecular complexity index is 1170. The SMILES string of the molecule is C[C@H]1CN(CC(N)=O)Cc2cc(C(=O)Nc3ccc(CN4CCC(N(C)C)C4)c(C(F)(F)F)c3)ccc21. The Balaban J connectivity index is 1.50. The molecule has 3 N–H and O–H groups in total. The van der Waals surface area contributed by atoms with Gasteiger partial charge in [-0.15, -0.1) is 0 Å². The van der Waals surface area contributed by atoms with E-state index in [1.54, 1.807) is 12.1 Å². The Morgan fingerprint density at radius 2 is 1.86 bits per heavy atom. The highest BCUT2D eigenvalue weighted by Gasteiger charge is 2.35. The van der Waals surface area contributed by atoms with Gasteiger partial charge in [0.15, 0.2) is 0 Å². The van der Waals surface area contributed by atoms with E-state index in [0.717, 1.165) is 36.7 Å². The molecule has 0 radical (unpaired) electrons. The number of nitrogens with one attached hydrogen (secondary N) is 1. The van der Waals surface area contributed by atoms with Crippen molar-refractivity contribution >= 4 is 17.5 Å². The number of primary amides is 1. The second kappa shape index (κ2) is 10.8. The maximum atomic E-state index is 13.9. The number of amides is 2. The van der Waals surface area contributed by atoms with Crippen LogP contribution in [-0.2, 0) is 24.1 Å². The van der Waals surface area contributed by atoms with Crippen molar-refractivity contribution in [2.24, 2.45) is 5.73 Å². The zero-order chi connectivity index (χ0) is 26.9. The van der Waals surface area contributed by atoms with Gasteiger partial charge in [0.2, 0.25) is 5.91 Å². The van der Waals surface area contributed by atoms with E-state index in [0.29, 0.717) is 24.7 Å². The fourth-order valence-corrected chi connectivity index (χ4v) is 5.37. The first-order valence-corrected chi connectivity index (χ1v) is 12.4. The maximum absolute atomic E-state index is 13.9. The van der Waals surface area contributed by atoms with Gasteiger partial charge < -0.3 is 16.0 Å². The largest absolute Gasteiger partial charge is 0.416 e. The number of rotatable bonds is 7. The number of carbonyl (C=O) groups is 2. The predicted octanol–water partition coefficient (Wildman–Crippen LogP) is 3.50. The lowest BCUT2D eigenvalue weighted by molar-refractivity contribution is -0.138. The van der Waals surface area contributed by atoms with Gasteiger partial charge in [0.1, 0.15) is 0 Å². The van der Waals surface area contributed by atoms with E-state index in [1.165, 1.54) is 12.1 Å². The van der Waals surface area contributed by atoms with Crippen LogP contribution >= 0.6 is 0 Å². The zero-order valence-electron chi connectivity index (χ0n) is 21.4. The number of likely N-dealkylation sites (tertiary alicyclic amines) is 1. The predicted molar refractivity (Wildman–Crippen MR) is 136 cm³/mol. The van der Waals surface area contributed by atoms with Crippen LogP contribution in [0.25, 0.3) is 0 Å². The van der Waals surface area contributed by atoms with E-state index < -0.39 is 23.6 Å². The Hall–Kier alpha value is -2.95. The third-order valence-corrected chi connectivity index (χ3v) is 7.29. The van der Waals surface area contributed by atoms with Crippen LogP contribution in [0, 0.1) is 0 Å². The van der Waals surface area contributed by atoms with Gasteiger partial charge in [-0.2, -0.15) is 13.2 Å². The molecule has 0 spiro atoms. The van der Waals surface area contributed by atoms with Crippen LogP contribution in [0.4, 0.5) is 18.9 Å². The first-order valence-electron chi connectivity index (χ1n) is 12.4. The Morgan fingerprint density at radius 3 is 2.51 bits per heavy atom. The fourth-order valence-electron chi connectivity index (χ4n) is 5.37. The first kappa shape index (κ1) is 27.1. The summed E-state index contributed by atoms with van der Waals surface area (Å²) in [6.45, 7) is 4.99. The average molecular weight is 518 g/mol. The van der Waals surface area contributed by atoms with Gasteiger partial charge in [0, 0.05) is 50.0 Å². The molecular weight excluding hydrogens is 483 g/mol. The number of hydrogen-bond acceptors (Lipinski definition) is 5. The molecule has 1 fully saturated rings. The molecule has 2 amide bonds. The molecule has 2 aromatic rings. The van der Waals surface area contributed by atoms with Gasteiger partial charge in [-0.25, -0.2) is 0 Å². The molecule has 2 atom stereocenters. The van der Waals surface area contributed by atoms with Crippen LogP contribution in [0.1, 0.15) is 51.9 Å². The van der Waals surface area contributed by atoms with Crippen molar-refractivity contribution < 1.29 is 22.8 Å². The lowest BCUT2D eigenvalue weighted by Crippen LogP contribution is -2.38. The summed E-state index contributed by atoms with van der Waals surface area (Å²) in [6.07, 6.45) is -3.62. The van der Waals surface area contributed by atoms with Crippen molar-refractivity contribution in [2.45, 2.75) is 44.6 Å². The van der Waals surface area contributed by atoms with Crippen molar-refractivity contribution in [3.8, 4) is 0 Å². The Kier molecular flexibility index (Phi) is 7.91. The van der Waals surface area contributed by atoms with E-state index >= 15 is 0 Å². The highest BCUT2D eigenvalue weighted by molar-refractivity contribution is 6.04. The molecule has 37 heavy (non-hydrogen) atoms. The van der Waals surface area contributed by atoms with Crippen molar-refractivity contribution in [1.29, 1.82) is 0 Å². The normalized spacial score (nSPS) is 20.7. The molecule has 0 aromatic heterocycles. The molecule has 1 saturated heterocycles. The fraction of sp³-hybridized carbons (Fsp3) is 0.481. The van der Waals surface area contributed by atoms with E-state index in [9.17, 15) is 22.8 Å². The number of hydrogen-bond donors (Lipinski definition) is 2. The summed E-state index contributed by atoms with van der Waals surface area (Å²) < 4.78 is 41.8. The monoisotopic (exact) mass is 517 g/mol. The Morgan fingerprint density at radius 1 is 1.11 bits per heavy atom. The summed E-state index contributed by atoms with van der Waals surface area (Å²) in [6, 6.07) is 9.62. The van der Waals surface area contributed by atoms with E-state index in [2.05, 4.69) is 10.2 Å². The minimum Gasteiger partial charge on any atom is -0.369 e. The van der Waals surface area contributed by atoms with Gasteiger partial charge in [-0.05, 0) is 67.4 Å². The molecule has 7 nitrogen and oxygen atoms in total. The summed E-state index contributed by atoms with van der Waals surface area (Å²) in [4.78, 5) is 30.4. The van der Waals surface area contributed by atoms with Crippen LogP contribution in [-0.4, -0.2) is 72.8 Å². The van der Waals surface area contributed by atoms with Crippen molar-refractivity contribution in [1.82, 2.24) is 14.7 Å². The maximum Gasteiger partial charge on any atom is 0.416 e. The molecular formula is C27H34F3N5O2. The van der Waals surface area contributed by atoms with E-state index in [1.807, 2.05) is 36.9 Å². The van der Waals surface area contributed by atoms with Crippen LogP contribution in [0.2, 0.25) is 0 Å². The smallest absolute Gasteiger partial charge is 0.369 e. The number of carbonyl (C=O) groups excluding carboxylic acids is 2. The number of fused-ring (bicyclic) bond motifs is 1. The third-order valence-electron chi connectivity index (χ3n) is 7.29. The summed E-state index contributed by atoms with van der Waals surface area (Å²) in [5, 5.41) is 2.63. The van der Waals surface area contributed by atoms with Gasteiger partial charge in [-0.3, -0.25) is 19.4 Å². The summed E-state index contributed by atoms with van der Waals surface area (Å²) in [5.41, 5.74) is 7.22.